The first-order valence-corrected chi connectivity index (χ1v) is 9.53. The van der Waals surface area contributed by atoms with Crippen LogP contribution >= 0.6 is 0 Å². The summed E-state index contributed by atoms with van der Waals surface area (Å²) < 4.78 is 18.9. The molecule has 2 aromatic rings. The van der Waals surface area contributed by atoms with Crippen molar-refractivity contribution in [3.63, 3.8) is 0 Å². The number of ether oxygens (including phenoxy) is 1. The summed E-state index contributed by atoms with van der Waals surface area (Å²) in [4.78, 5) is 24.9. The molecule has 0 heterocycles. The quantitative estimate of drug-likeness (QED) is 0.794. The first-order valence-electron chi connectivity index (χ1n) is 9.53. The molecule has 0 radical (unpaired) electrons. The minimum absolute atomic E-state index is 0.0466. The van der Waals surface area contributed by atoms with Gasteiger partial charge < -0.3 is 15.4 Å². The van der Waals surface area contributed by atoms with Crippen molar-refractivity contribution in [2.45, 2.75) is 32.2 Å². The summed E-state index contributed by atoms with van der Waals surface area (Å²) in [6, 6.07) is 13.7. The molecule has 0 spiro atoms. The minimum atomic E-state index is -0.320. The average molecular weight is 384 g/mol. The second-order valence-corrected chi connectivity index (χ2v) is 7.05. The molecule has 1 fully saturated rings. The van der Waals surface area contributed by atoms with Crippen LogP contribution in [-0.4, -0.2) is 18.9 Å². The van der Waals surface area contributed by atoms with Crippen LogP contribution in [0.3, 0.4) is 0 Å². The lowest BCUT2D eigenvalue weighted by atomic mass is 9.81. The van der Waals surface area contributed by atoms with Crippen LogP contribution in [0.25, 0.3) is 0 Å². The van der Waals surface area contributed by atoms with E-state index >= 15 is 0 Å². The maximum atomic E-state index is 13.7. The third kappa shape index (κ3) is 4.88. The van der Waals surface area contributed by atoms with Crippen molar-refractivity contribution in [2.75, 3.05) is 12.4 Å². The third-order valence-electron chi connectivity index (χ3n) is 5.24. The average Bonchev–Trinajstić information content (AvgIpc) is 2.73. The number of benzene rings is 2. The molecule has 0 saturated heterocycles. The van der Waals surface area contributed by atoms with Crippen molar-refractivity contribution >= 4 is 17.5 Å². The van der Waals surface area contributed by atoms with Crippen LogP contribution < -0.4 is 15.4 Å². The first kappa shape index (κ1) is 19.9. The molecule has 1 aliphatic rings. The summed E-state index contributed by atoms with van der Waals surface area (Å²) in [6.45, 7) is 0.180. The van der Waals surface area contributed by atoms with Gasteiger partial charge in [0.2, 0.25) is 11.8 Å². The molecule has 0 atom stereocenters. The van der Waals surface area contributed by atoms with E-state index < -0.39 is 0 Å². The molecule has 6 heteroatoms. The van der Waals surface area contributed by atoms with Crippen LogP contribution in [0.1, 0.15) is 31.2 Å². The Kier molecular flexibility index (Phi) is 6.63. The zero-order valence-electron chi connectivity index (χ0n) is 15.9. The number of hydrogen-bond acceptors (Lipinski definition) is 3. The van der Waals surface area contributed by atoms with Crippen LogP contribution in [0.15, 0.2) is 48.5 Å². The minimum Gasteiger partial charge on any atom is -0.495 e. The summed E-state index contributed by atoms with van der Waals surface area (Å²) in [5.41, 5.74) is 1.13. The van der Waals surface area contributed by atoms with Gasteiger partial charge in [-0.2, -0.15) is 0 Å². The number of rotatable bonds is 6. The van der Waals surface area contributed by atoms with Gasteiger partial charge in [-0.1, -0.05) is 30.3 Å². The molecule has 1 aliphatic carbocycles. The summed E-state index contributed by atoms with van der Waals surface area (Å²) in [5.74, 6) is -0.0826. The zero-order valence-corrected chi connectivity index (χ0v) is 15.9. The maximum absolute atomic E-state index is 13.7. The predicted octanol–water partition coefficient (Wildman–Crippen LogP) is 3.90. The Balaban J connectivity index is 1.47. The van der Waals surface area contributed by atoms with Gasteiger partial charge in [-0.05, 0) is 43.9 Å². The molecule has 28 heavy (non-hydrogen) atoms. The molecule has 3 rings (SSSR count). The molecule has 148 valence electrons. The fourth-order valence-corrected chi connectivity index (χ4v) is 3.57. The molecule has 0 bridgehead atoms. The SMILES string of the molecule is COc1ccccc1NC(=O)C1CCC(C(=O)NCc2ccccc2F)CC1. The summed E-state index contributed by atoms with van der Waals surface area (Å²) in [5, 5.41) is 5.73. The van der Waals surface area contributed by atoms with E-state index in [-0.39, 0.29) is 36.0 Å². The first-order chi connectivity index (χ1) is 13.6. The third-order valence-corrected chi connectivity index (χ3v) is 5.24. The number of halogens is 1. The van der Waals surface area contributed by atoms with E-state index in [2.05, 4.69) is 10.6 Å². The highest BCUT2D eigenvalue weighted by Crippen LogP contribution is 2.31. The molecular weight excluding hydrogens is 359 g/mol. The number of anilines is 1. The highest BCUT2D eigenvalue weighted by molar-refractivity contribution is 5.94. The fourth-order valence-electron chi connectivity index (χ4n) is 3.57. The van der Waals surface area contributed by atoms with Gasteiger partial charge >= 0.3 is 0 Å². The van der Waals surface area contributed by atoms with E-state index in [1.807, 2.05) is 12.1 Å². The van der Waals surface area contributed by atoms with E-state index in [0.717, 1.165) is 0 Å². The van der Waals surface area contributed by atoms with Crippen LogP contribution in [0.4, 0.5) is 10.1 Å². The predicted molar refractivity (Wildman–Crippen MR) is 105 cm³/mol. The highest BCUT2D eigenvalue weighted by Gasteiger charge is 2.30. The van der Waals surface area contributed by atoms with Gasteiger partial charge in [0.1, 0.15) is 11.6 Å². The molecule has 0 aromatic heterocycles. The molecule has 1 saturated carbocycles. The lowest BCUT2D eigenvalue weighted by Gasteiger charge is -2.27. The monoisotopic (exact) mass is 384 g/mol. The molecule has 2 aromatic carbocycles. The van der Waals surface area contributed by atoms with Gasteiger partial charge in [0.25, 0.3) is 0 Å². The van der Waals surface area contributed by atoms with Gasteiger partial charge in [0.15, 0.2) is 0 Å². The van der Waals surface area contributed by atoms with E-state index in [1.54, 1.807) is 37.4 Å². The van der Waals surface area contributed by atoms with Gasteiger partial charge in [-0.25, -0.2) is 4.39 Å². The fraction of sp³-hybridized carbons (Fsp3) is 0.364. The van der Waals surface area contributed by atoms with Crippen LogP contribution in [0.2, 0.25) is 0 Å². The largest absolute Gasteiger partial charge is 0.495 e. The van der Waals surface area contributed by atoms with Crippen molar-refractivity contribution in [2.24, 2.45) is 11.8 Å². The van der Waals surface area contributed by atoms with Gasteiger partial charge in [-0.15, -0.1) is 0 Å². The van der Waals surface area contributed by atoms with E-state index in [4.69, 9.17) is 4.74 Å². The molecule has 2 amide bonds. The van der Waals surface area contributed by atoms with Crippen molar-refractivity contribution in [3.05, 3.63) is 59.9 Å². The lowest BCUT2D eigenvalue weighted by molar-refractivity contribution is -0.128. The number of para-hydroxylation sites is 2. The molecule has 0 aliphatic heterocycles. The van der Waals surface area contributed by atoms with Crippen LogP contribution in [0, 0.1) is 17.7 Å². The van der Waals surface area contributed by atoms with Gasteiger partial charge in [0, 0.05) is 23.9 Å². The maximum Gasteiger partial charge on any atom is 0.227 e. The zero-order chi connectivity index (χ0) is 19.9. The van der Waals surface area contributed by atoms with Crippen LogP contribution in [-0.2, 0) is 16.1 Å². The Morgan fingerprint density at radius 1 is 0.964 bits per heavy atom. The molecular formula is C22H25FN2O3. The van der Waals surface area contributed by atoms with Crippen molar-refractivity contribution < 1.29 is 18.7 Å². The Morgan fingerprint density at radius 2 is 1.57 bits per heavy atom. The number of carbonyl (C=O) groups excluding carboxylic acids is 2. The number of hydrogen-bond donors (Lipinski definition) is 2. The smallest absolute Gasteiger partial charge is 0.227 e. The molecule has 0 unspecified atom stereocenters. The van der Waals surface area contributed by atoms with Crippen molar-refractivity contribution in [1.82, 2.24) is 5.32 Å². The second-order valence-electron chi connectivity index (χ2n) is 7.05. The number of methoxy groups -OCH3 is 1. The Labute approximate surface area is 164 Å². The highest BCUT2D eigenvalue weighted by atomic mass is 19.1. The summed E-state index contributed by atoms with van der Waals surface area (Å²) in [7, 11) is 1.57. The standard InChI is InChI=1S/C22H25FN2O3/c1-28-20-9-5-4-8-19(20)25-22(27)16-12-10-15(11-13-16)21(26)24-14-17-6-2-3-7-18(17)23/h2-9,15-16H,10-14H2,1H3,(H,24,26)(H,25,27). The molecule has 2 N–H and O–H groups in total. The number of carbonyl (C=O) groups is 2. The second kappa shape index (κ2) is 9.35. The summed E-state index contributed by atoms with van der Waals surface area (Å²) in [6.07, 6.45) is 2.60. The number of amides is 2. The van der Waals surface area contributed by atoms with E-state index in [1.165, 1.54) is 6.07 Å². The normalized spacial score (nSPS) is 18.9. The van der Waals surface area contributed by atoms with E-state index in [9.17, 15) is 14.0 Å². The Bertz CT molecular complexity index is 832. The van der Waals surface area contributed by atoms with Crippen molar-refractivity contribution in [3.8, 4) is 5.75 Å². The molecule has 5 nitrogen and oxygen atoms in total. The van der Waals surface area contributed by atoms with Gasteiger partial charge in [0.05, 0.1) is 12.8 Å². The van der Waals surface area contributed by atoms with E-state index in [0.29, 0.717) is 42.7 Å². The Hall–Kier alpha value is -2.89. The van der Waals surface area contributed by atoms with Crippen molar-refractivity contribution in [1.29, 1.82) is 0 Å². The Morgan fingerprint density at radius 3 is 2.25 bits per heavy atom. The lowest BCUT2D eigenvalue weighted by Crippen LogP contribution is -2.35. The topological polar surface area (TPSA) is 67.4 Å². The van der Waals surface area contributed by atoms with Gasteiger partial charge in [-0.3, -0.25) is 9.59 Å². The van der Waals surface area contributed by atoms with Crippen LogP contribution in [0.5, 0.6) is 5.75 Å². The summed E-state index contributed by atoms with van der Waals surface area (Å²) >= 11 is 0. The number of nitrogens with one attached hydrogen (secondary N) is 2.